The third-order valence-corrected chi connectivity index (χ3v) is 3.71. The van der Waals surface area contributed by atoms with Gasteiger partial charge in [-0.3, -0.25) is 24.6 Å². The second kappa shape index (κ2) is 5.59. The minimum atomic E-state index is -0.821. The van der Waals surface area contributed by atoms with Crippen molar-refractivity contribution in [3.63, 3.8) is 0 Å². The predicted octanol–water partition coefficient (Wildman–Crippen LogP) is 2.44. The van der Waals surface area contributed by atoms with Crippen molar-refractivity contribution >= 4 is 17.5 Å². The lowest BCUT2D eigenvalue weighted by Crippen LogP contribution is -2.33. The maximum absolute atomic E-state index is 14.1. The molecule has 0 spiro atoms. The quantitative estimate of drug-likeness (QED) is 0.487. The van der Waals surface area contributed by atoms with E-state index in [1.807, 2.05) is 6.92 Å². The summed E-state index contributed by atoms with van der Waals surface area (Å²) in [6.07, 6.45) is 0.990. The highest BCUT2D eigenvalue weighted by atomic mass is 19.1. The van der Waals surface area contributed by atoms with E-state index in [1.165, 1.54) is 6.92 Å². The number of rotatable bonds is 3. The van der Waals surface area contributed by atoms with Crippen LogP contribution in [0.15, 0.2) is 12.1 Å². The number of amides is 2. The van der Waals surface area contributed by atoms with E-state index in [0.29, 0.717) is 0 Å². The molecule has 112 valence electrons. The summed E-state index contributed by atoms with van der Waals surface area (Å²) in [6.45, 7) is 3.49. The Bertz CT molecular complexity index is 630. The van der Waals surface area contributed by atoms with Crippen LogP contribution in [0.4, 0.5) is 10.1 Å². The van der Waals surface area contributed by atoms with Crippen LogP contribution in [-0.4, -0.2) is 28.2 Å². The van der Waals surface area contributed by atoms with Gasteiger partial charge in [0.1, 0.15) is 5.82 Å². The molecule has 1 aromatic carbocycles. The molecule has 1 aliphatic rings. The number of imide groups is 1. The summed E-state index contributed by atoms with van der Waals surface area (Å²) < 4.78 is 14.1. The molecule has 2 rings (SSSR count). The fourth-order valence-corrected chi connectivity index (χ4v) is 2.41. The fraction of sp³-hybridized carbons (Fsp3) is 0.429. The third-order valence-electron chi connectivity index (χ3n) is 3.71. The first-order valence-electron chi connectivity index (χ1n) is 6.64. The van der Waals surface area contributed by atoms with Crippen molar-refractivity contribution in [2.75, 3.05) is 6.54 Å². The maximum atomic E-state index is 14.1. The highest BCUT2D eigenvalue weighted by Gasteiger charge is 2.35. The van der Waals surface area contributed by atoms with Gasteiger partial charge < -0.3 is 0 Å². The zero-order valence-corrected chi connectivity index (χ0v) is 11.8. The molecule has 7 heteroatoms. The number of carbonyl (C=O) groups excluding carboxylic acids is 2. The number of halogens is 1. The first-order valence-corrected chi connectivity index (χ1v) is 6.64. The Hall–Kier alpha value is -2.31. The maximum Gasteiger partial charge on any atom is 0.270 e. The van der Waals surface area contributed by atoms with Crippen molar-refractivity contribution in [1.82, 2.24) is 4.90 Å². The summed E-state index contributed by atoms with van der Waals surface area (Å²) in [4.78, 5) is 35.2. The number of aryl methyl sites for hydroxylation is 1. The number of carbonyl (C=O) groups is 2. The predicted molar refractivity (Wildman–Crippen MR) is 72.2 cm³/mol. The molecule has 1 heterocycles. The van der Waals surface area contributed by atoms with Crippen LogP contribution in [0.1, 0.15) is 35.7 Å². The SMILES string of the molecule is CCC1CC(=O)N(C(=O)c2cc([N+](=O)[O-])cc(C)c2F)C1. The van der Waals surface area contributed by atoms with Crippen molar-refractivity contribution in [2.24, 2.45) is 5.92 Å². The summed E-state index contributed by atoms with van der Waals surface area (Å²) in [7, 11) is 0. The lowest BCUT2D eigenvalue weighted by Gasteiger charge is -2.15. The molecular formula is C14H15FN2O4. The number of nitro groups is 1. The molecule has 1 aliphatic heterocycles. The van der Waals surface area contributed by atoms with Gasteiger partial charge in [0.15, 0.2) is 0 Å². The Balaban J connectivity index is 2.39. The van der Waals surface area contributed by atoms with Crippen molar-refractivity contribution in [1.29, 1.82) is 0 Å². The summed E-state index contributed by atoms with van der Waals surface area (Å²) in [6, 6.07) is 1.95. The Morgan fingerprint density at radius 2 is 2.19 bits per heavy atom. The van der Waals surface area contributed by atoms with E-state index in [-0.39, 0.29) is 36.0 Å². The van der Waals surface area contributed by atoms with Gasteiger partial charge in [-0.1, -0.05) is 13.3 Å². The monoisotopic (exact) mass is 294 g/mol. The van der Waals surface area contributed by atoms with Crippen LogP contribution in [0, 0.1) is 28.8 Å². The Morgan fingerprint density at radius 1 is 1.52 bits per heavy atom. The van der Waals surface area contributed by atoms with Gasteiger partial charge in [0, 0.05) is 25.1 Å². The fourth-order valence-electron chi connectivity index (χ4n) is 2.41. The van der Waals surface area contributed by atoms with Gasteiger partial charge in [-0.25, -0.2) is 4.39 Å². The van der Waals surface area contributed by atoms with Crippen LogP contribution in [0.5, 0.6) is 0 Å². The van der Waals surface area contributed by atoms with Gasteiger partial charge in [0.25, 0.3) is 11.6 Å². The van der Waals surface area contributed by atoms with Crippen molar-refractivity contribution < 1.29 is 18.9 Å². The molecule has 1 saturated heterocycles. The molecule has 0 radical (unpaired) electrons. The molecule has 0 saturated carbocycles. The lowest BCUT2D eigenvalue weighted by atomic mass is 10.1. The molecule has 0 aromatic heterocycles. The average Bonchev–Trinajstić information content (AvgIpc) is 2.82. The molecule has 2 amide bonds. The van der Waals surface area contributed by atoms with Crippen molar-refractivity contribution in [3.05, 3.63) is 39.2 Å². The highest BCUT2D eigenvalue weighted by molar-refractivity contribution is 6.06. The minimum absolute atomic E-state index is 0.00578. The summed E-state index contributed by atoms with van der Waals surface area (Å²) in [5, 5.41) is 10.8. The van der Waals surface area contributed by atoms with Crippen LogP contribution >= 0.6 is 0 Å². The first-order chi connectivity index (χ1) is 9.85. The standard InChI is InChI=1S/C14H15FN2O4/c1-3-9-5-12(18)16(7-9)14(19)11-6-10(17(20)21)4-8(2)13(11)15/h4,6,9H,3,5,7H2,1-2H3. The smallest absolute Gasteiger partial charge is 0.270 e. The van der Waals surface area contributed by atoms with E-state index < -0.39 is 22.2 Å². The molecule has 6 nitrogen and oxygen atoms in total. The molecule has 0 aliphatic carbocycles. The molecular weight excluding hydrogens is 279 g/mol. The number of nitro benzene ring substituents is 1. The van der Waals surface area contributed by atoms with E-state index in [1.54, 1.807) is 0 Å². The number of likely N-dealkylation sites (tertiary alicyclic amines) is 1. The van der Waals surface area contributed by atoms with Crippen LogP contribution < -0.4 is 0 Å². The topological polar surface area (TPSA) is 80.5 Å². The van der Waals surface area contributed by atoms with Crippen molar-refractivity contribution in [3.8, 4) is 0 Å². The highest BCUT2D eigenvalue weighted by Crippen LogP contribution is 2.26. The molecule has 1 atom stereocenters. The molecule has 21 heavy (non-hydrogen) atoms. The Kier molecular flexibility index (Phi) is 4.02. The van der Waals surface area contributed by atoms with E-state index >= 15 is 0 Å². The zero-order chi connectivity index (χ0) is 15.7. The third kappa shape index (κ3) is 2.76. The molecule has 1 fully saturated rings. The lowest BCUT2D eigenvalue weighted by molar-refractivity contribution is -0.385. The molecule has 0 N–H and O–H groups in total. The van der Waals surface area contributed by atoms with Gasteiger partial charge in [-0.2, -0.15) is 0 Å². The number of hydrogen-bond acceptors (Lipinski definition) is 4. The number of benzene rings is 1. The average molecular weight is 294 g/mol. The zero-order valence-electron chi connectivity index (χ0n) is 11.8. The first kappa shape index (κ1) is 15.1. The van der Waals surface area contributed by atoms with E-state index in [2.05, 4.69) is 0 Å². The second-order valence-electron chi connectivity index (χ2n) is 5.17. The second-order valence-corrected chi connectivity index (χ2v) is 5.17. The van der Waals surface area contributed by atoms with E-state index in [0.717, 1.165) is 23.5 Å². The summed E-state index contributed by atoms with van der Waals surface area (Å²) >= 11 is 0. The van der Waals surface area contributed by atoms with E-state index in [4.69, 9.17) is 0 Å². The molecule has 1 unspecified atom stereocenters. The number of nitrogens with zero attached hydrogens (tertiary/aromatic N) is 2. The van der Waals surface area contributed by atoms with Crippen LogP contribution in [0.3, 0.4) is 0 Å². The number of non-ortho nitro benzene ring substituents is 1. The van der Waals surface area contributed by atoms with E-state index in [9.17, 15) is 24.1 Å². The summed E-state index contributed by atoms with van der Waals surface area (Å²) in [5.74, 6) is -1.93. The van der Waals surface area contributed by atoms with Gasteiger partial charge in [0.2, 0.25) is 5.91 Å². The van der Waals surface area contributed by atoms with Gasteiger partial charge in [0.05, 0.1) is 10.5 Å². The van der Waals surface area contributed by atoms with Crippen molar-refractivity contribution in [2.45, 2.75) is 26.7 Å². The molecule has 1 aromatic rings. The Morgan fingerprint density at radius 3 is 2.71 bits per heavy atom. The Labute approximate surface area is 120 Å². The van der Waals surface area contributed by atoms with Crippen LogP contribution in [0.2, 0.25) is 0 Å². The number of hydrogen-bond donors (Lipinski definition) is 0. The summed E-state index contributed by atoms with van der Waals surface area (Å²) in [5.41, 5.74) is -0.783. The largest absolute Gasteiger partial charge is 0.278 e. The molecule has 0 bridgehead atoms. The van der Waals surface area contributed by atoms with Gasteiger partial charge >= 0.3 is 0 Å². The van der Waals surface area contributed by atoms with Crippen LogP contribution in [-0.2, 0) is 4.79 Å². The van der Waals surface area contributed by atoms with Crippen LogP contribution in [0.25, 0.3) is 0 Å². The van der Waals surface area contributed by atoms with Gasteiger partial charge in [-0.05, 0) is 18.4 Å². The normalized spacial score (nSPS) is 18.1. The van der Waals surface area contributed by atoms with Gasteiger partial charge in [-0.15, -0.1) is 0 Å². The minimum Gasteiger partial charge on any atom is -0.278 e.